The Kier molecular flexibility index (Phi) is 4.37. The molecule has 0 atom stereocenters. The van der Waals surface area contributed by atoms with Gasteiger partial charge in [-0.15, -0.1) is 0 Å². The van der Waals surface area contributed by atoms with Crippen molar-refractivity contribution in [3.8, 4) is 0 Å². The van der Waals surface area contributed by atoms with Gasteiger partial charge in [-0.1, -0.05) is 5.16 Å². The van der Waals surface area contributed by atoms with Gasteiger partial charge in [0.2, 0.25) is 0 Å². The lowest BCUT2D eigenvalue weighted by Gasteiger charge is -1.97. The van der Waals surface area contributed by atoms with E-state index in [2.05, 4.69) is 36.5 Å². The van der Waals surface area contributed by atoms with E-state index in [1.165, 1.54) is 16.9 Å². The summed E-state index contributed by atoms with van der Waals surface area (Å²) in [6.45, 7) is 0.198. The molecule has 0 aliphatic carbocycles. The van der Waals surface area contributed by atoms with Gasteiger partial charge in [-0.2, -0.15) is 9.67 Å². The van der Waals surface area contributed by atoms with E-state index >= 15 is 0 Å². The van der Waals surface area contributed by atoms with Gasteiger partial charge in [0.15, 0.2) is 10.5 Å². The Morgan fingerprint density at radius 1 is 1.42 bits per heavy atom. The molecule has 0 aromatic carbocycles. The Labute approximate surface area is 141 Å². The van der Waals surface area contributed by atoms with Crippen LogP contribution < -0.4 is 5.32 Å². The number of halogens is 1. The van der Waals surface area contributed by atoms with Gasteiger partial charge in [0.25, 0.3) is 0 Å². The third kappa shape index (κ3) is 3.65. The molecule has 0 aliphatic heterocycles. The number of aromatic nitrogens is 4. The van der Waals surface area contributed by atoms with Crippen molar-refractivity contribution in [2.24, 2.45) is 0 Å². The first-order valence-corrected chi connectivity index (χ1v) is 7.33. The third-order valence-corrected chi connectivity index (χ3v) is 3.26. The predicted octanol–water partition coefficient (Wildman–Crippen LogP) is 1.51. The molecule has 0 aliphatic rings. The first-order valence-electron chi connectivity index (χ1n) is 6.54. The predicted molar refractivity (Wildman–Crippen MR) is 79.9 cm³/mol. The van der Waals surface area contributed by atoms with Crippen LogP contribution in [-0.4, -0.2) is 30.8 Å². The first-order chi connectivity index (χ1) is 11.5. The van der Waals surface area contributed by atoms with Crippen LogP contribution in [0.25, 0.3) is 0 Å². The number of rotatable bonds is 6. The smallest absolute Gasteiger partial charge is 0.389 e. The minimum absolute atomic E-state index is 0.0375. The fourth-order valence-electron chi connectivity index (χ4n) is 1.78. The fourth-order valence-corrected chi connectivity index (χ4v) is 2.12. The zero-order valence-corrected chi connectivity index (χ0v) is 13.5. The van der Waals surface area contributed by atoms with E-state index in [1.54, 1.807) is 12.1 Å². The molecule has 0 spiro atoms. The number of hydrogen-bond donors (Lipinski definition) is 1. The number of nitrogens with zero attached hydrogens (tertiary/aromatic N) is 5. The lowest BCUT2D eigenvalue weighted by atomic mass is 10.4. The Morgan fingerprint density at radius 3 is 2.92 bits per heavy atom. The summed E-state index contributed by atoms with van der Waals surface area (Å²) in [6, 6.07) is 4.65. The summed E-state index contributed by atoms with van der Waals surface area (Å²) < 4.78 is 11.9. The molecule has 0 bridgehead atoms. The molecule has 0 unspecified atom stereocenters. The maximum atomic E-state index is 11.9. The fraction of sp³-hybridized carbons (Fsp3) is 0.167. The normalized spacial score (nSPS) is 10.7. The molecule has 0 saturated heterocycles. The highest BCUT2D eigenvalue weighted by Gasteiger charge is 2.18. The zero-order chi connectivity index (χ0) is 17.1. The number of amides is 1. The van der Waals surface area contributed by atoms with Gasteiger partial charge in [-0.3, -0.25) is 4.79 Å². The molecule has 24 heavy (non-hydrogen) atoms. The third-order valence-electron chi connectivity index (χ3n) is 2.83. The van der Waals surface area contributed by atoms with Gasteiger partial charge >= 0.3 is 17.6 Å². The number of furan rings is 1. The van der Waals surface area contributed by atoms with E-state index in [0.717, 1.165) is 0 Å². The van der Waals surface area contributed by atoms with E-state index < -0.39 is 10.8 Å². The van der Waals surface area contributed by atoms with Crippen molar-refractivity contribution in [1.29, 1.82) is 0 Å². The topological polar surface area (TPSA) is 142 Å². The van der Waals surface area contributed by atoms with Gasteiger partial charge in [-0.25, -0.2) is 0 Å². The van der Waals surface area contributed by atoms with Gasteiger partial charge < -0.3 is 24.4 Å². The first kappa shape index (κ1) is 15.9. The number of hydrogen-bond acceptors (Lipinski definition) is 8. The minimum Gasteiger partial charge on any atom is -0.452 e. The largest absolute Gasteiger partial charge is 0.452 e. The molecule has 1 N–H and O–H groups in total. The molecule has 3 aromatic heterocycles. The van der Waals surface area contributed by atoms with Gasteiger partial charge in [-0.05, 0) is 33.0 Å². The molecule has 3 heterocycles. The van der Waals surface area contributed by atoms with Crippen LogP contribution in [0.3, 0.4) is 0 Å². The number of nitrogens with one attached hydrogen (secondary N) is 1. The second-order valence-electron chi connectivity index (χ2n) is 4.53. The Hall–Kier alpha value is -3.02. The summed E-state index contributed by atoms with van der Waals surface area (Å²) in [5, 5.41) is 20.5. The highest BCUT2D eigenvalue weighted by molar-refractivity contribution is 9.10. The van der Waals surface area contributed by atoms with Crippen molar-refractivity contribution >= 4 is 27.7 Å². The summed E-state index contributed by atoms with van der Waals surface area (Å²) >= 11 is 3.16. The summed E-state index contributed by atoms with van der Waals surface area (Å²) in [5.74, 6) is -0.358. The number of carbonyl (C=O) groups is 1. The Bertz CT molecular complexity index is 884. The summed E-state index contributed by atoms with van der Waals surface area (Å²) in [4.78, 5) is 25.8. The number of nitro groups is 1. The molecule has 12 heteroatoms. The molecule has 3 aromatic rings. The number of carbonyl (C=O) groups excluding carboxylic acids is 1. The average molecular weight is 397 g/mol. The highest BCUT2D eigenvalue weighted by atomic mass is 79.9. The van der Waals surface area contributed by atoms with Crippen molar-refractivity contribution in [3.05, 3.63) is 56.7 Å². The van der Waals surface area contributed by atoms with Crippen LogP contribution in [0.15, 0.2) is 38.0 Å². The zero-order valence-electron chi connectivity index (χ0n) is 11.9. The second-order valence-corrected chi connectivity index (χ2v) is 5.31. The van der Waals surface area contributed by atoms with E-state index in [1.807, 2.05) is 0 Å². The molecule has 11 nitrogen and oxygen atoms in total. The molecule has 1 amide bonds. The van der Waals surface area contributed by atoms with Crippen molar-refractivity contribution in [3.63, 3.8) is 0 Å². The molecule has 0 fully saturated rings. The van der Waals surface area contributed by atoms with Crippen LogP contribution in [-0.2, 0) is 13.1 Å². The van der Waals surface area contributed by atoms with Crippen molar-refractivity contribution < 1.29 is 18.7 Å². The molecule has 0 radical (unpaired) electrons. The van der Waals surface area contributed by atoms with Crippen molar-refractivity contribution in [2.75, 3.05) is 0 Å². The van der Waals surface area contributed by atoms with Crippen LogP contribution in [0.4, 0.5) is 5.82 Å². The minimum atomic E-state index is -0.613. The van der Waals surface area contributed by atoms with Gasteiger partial charge in [0, 0.05) is 0 Å². The quantitative estimate of drug-likeness (QED) is 0.487. The summed E-state index contributed by atoms with van der Waals surface area (Å²) in [6.07, 6.45) is 1.41. The lowest BCUT2D eigenvalue weighted by Crippen LogP contribution is -2.23. The lowest BCUT2D eigenvalue weighted by molar-refractivity contribution is -0.389. The van der Waals surface area contributed by atoms with Crippen molar-refractivity contribution in [2.45, 2.75) is 13.1 Å². The van der Waals surface area contributed by atoms with E-state index in [0.29, 0.717) is 10.4 Å². The summed E-state index contributed by atoms with van der Waals surface area (Å²) in [5.41, 5.74) is 0. The standard InChI is InChI=1S/C12H9BrN6O5/c13-8-2-1-7(23-8)5-14-11(20)12-15-9(17-24-12)6-18-4-3-10(16-18)19(21)22/h1-4H,5-6H2,(H,14,20). The van der Waals surface area contributed by atoms with E-state index in [-0.39, 0.29) is 30.6 Å². The van der Waals surface area contributed by atoms with Crippen LogP contribution in [0.2, 0.25) is 0 Å². The van der Waals surface area contributed by atoms with Crippen LogP contribution in [0.5, 0.6) is 0 Å². The second kappa shape index (κ2) is 6.62. The average Bonchev–Trinajstić information content (AvgIpc) is 3.26. The van der Waals surface area contributed by atoms with Gasteiger partial charge in [0.05, 0.1) is 23.9 Å². The van der Waals surface area contributed by atoms with Crippen LogP contribution in [0.1, 0.15) is 22.3 Å². The molecule has 124 valence electrons. The maximum Gasteiger partial charge on any atom is 0.389 e. The SMILES string of the molecule is O=C(NCc1ccc(Br)o1)c1nc(Cn2ccc([N+](=O)[O-])n2)no1. The summed E-state index contributed by atoms with van der Waals surface area (Å²) in [7, 11) is 0. The molecule has 0 saturated carbocycles. The maximum absolute atomic E-state index is 11.9. The Balaban J connectivity index is 1.59. The monoisotopic (exact) mass is 396 g/mol. The van der Waals surface area contributed by atoms with E-state index in [4.69, 9.17) is 8.94 Å². The van der Waals surface area contributed by atoms with Crippen LogP contribution in [0, 0.1) is 10.1 Å². The molecular formula is C12H9BrN6O5. The highest BCUT2D eigenvalue weighted by Crippen LogP contribution is 2.13. The molecule has 3 rings (SSSR count). The van der Waals surface area contributed by atoms with Crippen LogP contribution >= 0.6 is 15.9 Å². The van der Waals surface area contributed by atoms with Gasteiger partial charge in [0.1, 0.15) is 12.3 Å². The van der Waals surface area contributed by atoms with E-state index in [9.17, 15) is 14.9 Å². The van der Waals surface area contributed by atoms with Crippen molar-refractivity contribution in [1.82, 2.24) is 25.2 Å². The molecular weight excluding hydrogens is 388 g/mol. The Morgan fingerprint density at radius 2 is 2.25 bits per heavy atom.